The molecule has 1 aromatic rings. The van der Waals surface area contributed by atoms with Crippen LogP contribution in [0.25, 0.3) is 0 Å². The number of likely N-dealkylation sites (N-methyl/N-ethyl adjacent to an activating group) is 1. The van der Waals surface area contributed by atoms with Gasteiger partial charge in [-0.2, -0.15) is 11.8 Å². The molecule has 1 aromatic carbocycles. The molecule has 0 spiro atoms. The summed E-state index contributed by atoms with van der Waals surface area (Å²) in [7, 11) is 3.21. The smallest absolute Gasteiger partial charge is 0.325 e. The Morgan fingerprint density at radius 1 is 1.40 bits per heavy atom. The Morgan fingerprint density at radius 2 is 2.05 bits per heavy atom. The average Bonchev–Trinajstić information content (AvgIpc) is 2.47. The molecule has 0 radical (unpaired) electrons. The number of halogens is 1. The largest absolute Gasteiger partial charge is 0.468 e. The van der Waals surface area contributed by atoms with E-state index in [1.807, 2.05) is 43.0 Å². The highest BCUT2D eigenvalue weighted by Gasteiger charge is 2.31. The Kier molecular flexibility index (Phi) is 7.41. The van der Waals surface area contributed by atoms with Crippen LogP contribution in [0.2, 0.25) is 5.02 Å². The SMILES string of the molecule is CNC(C)(CCCSCc1ccc(Cl)cc1)C(=O)OC. The second-order valence-corrected chi connectivity index (χ2v) is 6.40. The molecule has 0 fully saturated rings. The van der Waals surface area contributed by atoms with Crippen molar-refractivity contribution in [1.29, 1.82) is 0 Å². The van der Waals surface area contributed by atoms with Gasteiger partial charge in [0.25, 0.3) is 0 Å². The van der Waals surface area contributed by atoms with Gasteiger partial charge < -0.3 is 10.1 Å². The molecule has 0 saturated heterocycles. The molecule has 0 aliphatic carbocycles. The molecule has 0 heterocycles. The molecule has 1 N–H and O–H groups in total. The quantitative estimate of drug-likeness (QED) is 0.588. The lowest BCUT2D eigenvalue weighted by Crippen LogP contribution is -2.48. The summed E-state index contributed by atoms with van der Waals surface area (Å²) >= 11 is 7.71. The summed E-state index contributed by atoms with van der Waals surface area (Å²) in [4.78, 5) is 11.7. The monoisotopic (exact) mass is 315 g/mol. The summed E-state index contributed by atoms with van der Waals surface area (Å²) < 4.78 is 4.82. The number of hydrogen-bond donors (Lipinski definition) is 1. The van der Waals surface area contributed by atoms with Gasteiger partial charge in [-0.25, -0.2) is 0 Å². The zero-order valence-corrected chi connectivity index (χ0v) is 13.8. The van der Waals surface area contributed by atoms with Gasteiger partial charge in [0.2, 0.25) is 0 Å². The van der Waals surface area contributed by atoms with Gasteiger partial charge >= 0.3 is 5.97 Å². The van der Waals surface area contributed by atoms with Crippen LogP contribution in [0.1, 0.15) is 25.3 Å². The van der Waals surface area contributed by atoms with Gasteiger partial charge in [0.1, 0.15) is 5.54 Å². The van der Waals surface area contributed by atoms with E-state index < -0.39 is 5.54 Å². The van der Waals surface area contributed by atoms with Crippen molar-refractivity contribution in [2.24, 2.45) is 0 Å². The molecule has 0 bridgehead atoms. The van der Waals surface area contributed by atoms with Crippen LogP contribution in [0.15, 0.2) is 24.3 Å². The van der Waals surface area contributed by atoms with E-state index in [9.17, 15) is 4.79 Å². The van der Waals surface area contributed by atoms with E-state index in [0.717, 1.165) is 29.4 Å². The van der Waals surface area contributed by atoms with E-state index in [1.54, 1.807) is 7.05 Å². The molecule has 0 aromatic heterocycles. The molecule has 20 heavy (non-hydrogen) atoms. The van der Waals surface area contributed by atoms with Crippen LogP contribution in [0.3, 0.4) is 0 Å². The molecule has 1 rings (SSSR count). The molecule has 0 aliphatic rings. The predicted molar refractivity (Wildman–Crippen MR) is 86.3 cm³/mol. The van der Waals surface area contributed by atoms with Crippen molar-refractivity contribution in [2.75, 3.05) is 19.9 Å². The van der Waals surface area contributed by atoms with Crippen molar-refractivity contribution in [3.05, 3.63) is 34.9 Å². The normalized spacial score (nSPS) is 13.8. The van der Waals surface area contributed by atoms with Crippen molar-refractivity contribution in [1.82, 2.24) is 5.32 Å². The van der Waals surface area contributed by atoms with Crippen LogP contribution in [0.5, 0.6) is 0 Å². The number of esters is 1. The first kappa shape index (κ1) is 17.3. The van der Waals surface area contributed by atoms with Crippen molar-refractivity contribution in [3.8, 4) is 0 Å². The number of rotatable bonds is 8. The minimum absolute atomic E-state index is 0.206. The molecule has 0 saturated carbocycles. The lowest BCUT2D eigenvalue weighted by molar-refractivity contribution is -0.148. The summed E-state index contributed by atoms with van der Waals surface area (Å²) in [5.74, 6) is 1.77. The van der Waals surface area contributed by atoms with Crippen LogP contribution in [0, 0.1) is 0 Å². The van der Waals surface area contributed by atoms with E-state index in [2.05, 4.69) is 5.32 Å². The van der Waals surface area contributed by atoms with Crippen molar-refractivity contribution in [2.45, 2.75) is 31.1 Å². The van der Waals surface area contributed by atoms with Gasteiger partial charge in [-0.05, 0) is 50.3 Å². The minimum atomic E-state index is -0.588. The zero-order chi connectivity index (χ0) is 15.0. The summed E-state index contributed by atoms with van der Waals surface area (Å²) in [6.07, 6.45) is 1.73. The third kappa shape index (κ3) is 5.35. The Labute approximate surface area is 130 Å². The number of ether oxygens (including phenoxy) is 1. The molecule has 112 valence electrons. The highest BCUT2D eigenvalue weighted by atomic mass is 35.5. The standard InChI is InChI=1S/C15H22ClNO2S/c1-15(17-2,14(18)19-3)9-4-10-20-11-12-5-7-13(16)8-6-12/h5-8,17H,4,9-11H2,1-3H3. The molecular weight excluding hydrogens is 294 g/mol. The molecular formula is C15H22ClNO2S. The summed E-state index contributed by atoms with van der Waals surface area (Å²) in [5.41, 5.74) is 0.680. The van der Waals surface area contributed by atoms with Crippen LogP contribution in [0.4, 0.5) is 0 Å². The number of benzene rings is 1. The fourth-order valence-corrected chi connectivity index (χ4v) is 2.90. The van der Waals surface area contributed by atoms with Crippen molar-refractivity contribution in [3.63, 3.8) is 0 Å². The molecule has 0 amide bonds. The first-order chi connectivity index (χ1) is 9.51. The number of carbonyl (C=O) groups excluding carboxylic acids is 1. The topological polar surface area (TPSA) is 38.3 Å². The second-order valence-electron chi connectivity index (χ2n) is 4.86. The van der Waals surface area contributed by atoms with Crippen LogP contribution in [-0.2, 0) is 15.3 Å². The van der Waals surface area contributed by atoms with Gasteiger partial charge in [-0.1, -0.05) is 23.7 Å². The van der Waals surface area contributed by atoms with Gasteiger partial charge in [-0.15, -0.1) is 0 Å². The van der Waals surface area contributed by atoms with E-state index in [0.29, 0.717) is 0 Å². The fraction of sp³-hybridized carbons (Fsp3) is 0.533. The number of hydrogen-bond acceptors (Lipinski definition) is 4. The number of carbonyl (C=O) groups is 1. The zero-order valence-electron chi connectivity index (χ0n) is 12.2. The average molecular weight is 316 g/mol. The molecule has 1 unspecified atom stereocenters. The van der Waals surface area contributed by atoms with E-state index >= 15 is 0 Å². The third-order valence-electron chi connectivity index (χ3n) is 3.34. The molecule has 0 aliphatic heterocycles. The second kappa shape index (κ2) is 8.55. The Hall–Kier alpha value is -0.710. The Morgan fingerprint density at radius 3 is 2.60 bits per heavy atom. The van der Waals surface area contributed by atoms with Gasteiger partial charge in [0.05, 0.1) is 7.11 Å². The number of nitrogens with one attached hydrogen (secondary N) is 1. The van der Waals surface area contributed by atoms with Gasteiger partial charge in [-0.3, -0.25) is 4.79 Å². The van der Waals surface area contributed by atoms with Crippen molar-refractivity contribution >= 4 is 29.3 Å². The van der Waals surface area contributed by atoms with Crippen LogP contribution in [-0.4, -0.2) is 31.4 Å². The molecule has 3 nitrogen and oxygen atoms in total. The maximum Gasteiger partial charge on any atom is 0.325 e. The maximum absolute atomic E-state index is 11.7. The first-order valence-corrected chi connectivity index (χ1v) is 8.14. The fourth-order valence-electron chi connectivity index (χ4n) is 1.85. The Bertz CT molecular complexity index is 424. The van der Waals surface area contributed by atoms with Gasteiger partial charge in [0.15, 0.2) is 0 Å². The highest BCUT2D eigenvalue weighted by molar-refractivity contribution is 7.98. The summed E-state index contributed by atoms with van der Waals surface area (Å²) in [5, 5.41) is 3.81. The maximum atomic E-state index is 11.7. The summed E-state index contributed by atoms with van der Waals surface area (Å²) in [6.45, 7) is 1.88. The van der Waals surface area contributed by atoms with E-state index in [4.69, 9.17) is 16.3 Å². The van der Waals surface area contributed by atoms with Crippen LogP contribution < -0.4 is 5.32 Å². The number of thioether (sulfide) groups is 1. The lowest BCUT2D eigenvalue weighted by atomic mass is 9.97. The highest BCUT2D eigenvalue weighted by Crippen LogP contribution is 2.19. The first-order valence-electron chi connectivity index (χ1n) is 6.61. The van der Waals surface area contributed by atoms with E-state index in [-0.39, 0.29) is 5.97 Å². The summed E-state index contributed by atoms with van der Waals surface area (Å²) in [6, 6.07) is 7.91. The molecule has 1 atom stereocenters. The lowest BCUT2D eigenvalue weighted by Gasteiger charge is -2.25. The minimum Gasteiger partial charge on any atom is -0.468 e. The van der Waals surface area contributed by atoms with Gasteiger partial charge in [0, 0.05) is 10.8 Å². The third-order valence-corrected chi connectivity index (χ3v) is 4.70. The Balaban J connectivity index is 2.27. The predicted octanol–water partition coefficient (Wildman–Crippen LogP) is 3.50. The van der Waals surface area contributed by atoms with E-state index in [1.165, 1.54) is 12.7 Å². The van der Waals surface area contributed by atoms with Crippen LogP contribution >= 0.6 is 23.4 Å². The number of methoxy groups -OCH3 is 1. The van der Waals surface area contributed by atoms with Crippen molar-refractivity contribution < 1.29 is 9.53 Å². The molecule has 5 heteroatoms.